The number of hydrogen-bond donors (Lipinski definition) is 2. The molecule has 0 spiro atoms. The zero-order valence-corrected chi connectivity index (χ0v) is 28.0. The van der Waals surface area contributed by atoms with Crippen LogP contribution in [0.15, 0.2) is 89.8 Å². The summed E-state index contributed by atoms with van der Waals surface area (Å²) in [7, 11) is 0. The normalized spacial score (nSPS) is 12.3. The molecule has 2 atom stereocenters. The first-order valence-corrected chi connectivity index (χ1v) is 17.1. The largest absolute Gasteiger partial charge is 0.466 e. The van der Waals surface area contributed by atoms with Gasteiger partial charge in [0.1, 0.15) is 6.04 Å². The van der Waals surface area contributed by atoms with Gasteiger partial charge in [-0.25, -0.2) is 4.79 Å². The Morgan fingerprint density at radius 3 is 2.13 bits per heavy atom. The second-order valence-corrected chi connectivity index (χ2v) is 12.7. The van der Waals surface area contributed by atoms with E-state index < -0.39 is 12.1 Å². The van der Waals surface area contributed by atoms with E-state index in [9.17, 15) is 14.4 Å². The summed E-state index contributed by atoms with van der Waals surface area (Å²) in [6.45, 7) is 9.35. The van der Waals surface area contributed by atoms with Crippen LogP contribution in [0.2, 0.25) is 0 Å². The summed E-state index contributed by atoms with van der Waals surface area (Å²) in [4.78, 5) is 43.1. The second kappa shape index (κ2) is 19.6. The molecule has 0 saturated carbocycles. The van der Waals surface area contributed by atoms with Crippen molar-refractivity contribution >= 4 is 29.7 Å². The Labute approximate surface area is 273 Å². The molecule has 8 heteroatoms. The Kier molecular flexibility index (Phi) is 15.5. The molecule has 0 aliphatic rings. The summed E-state index contributed by atoms with van der Waals surface area (Å²) < 4.78 is 5.30. The van der Waals surface area contributed by atoms with Crippen molar-refractivity contribution in [2.75, 3.05) is 25.4 Å². The Balaban J connectivity index is 1.85. The van der Waals surface area contributed by atoms with Crippen LogP contribution in [0.25, 0.3) is 11.1 Å². The highest BCUT2D eigenvalue weighted by molar-refractivity contribution is 7.99. The molecule has 3 rings (SSSR count). The van der Waals surface area contributed by atoms with Gasteiger partial charge in [-0.2, -0.15) is 0 Å². The summed E-state index contributed by atoms with van der Waals surface area (Å²) in [5, 5.41) is 6.07. The number of hydrogen-bond acceptors (Lipinski definition) is 5. The maximum absolute atomic E-state index is 14.1. The van der Waals surface area contributed by atoms with Gasteiger partial charge in [0.15, 0.2) is 0 Å². The third-order valence-corrected chi connectivity index (χ3v) is 8.64. The number of urea groups is 1. The lowest BCUT2D eigenvalue weighted by molar-refractivity contribution is -0.144. The summed E-state index contributed by atoms with van der Waals surface area (Å²) >= 11 is 1.60. The van der Waals surface area contributed by atoms with Crippen LogP contribution < -0.4 is 10.6 Å². The highest BCUT2D eigenvalue weighted by atomic mass is 32.2. The number of amides is 3. The molecular formula is C37H49N3O4S. The van der Waals surface area contributed by atoms with Crippen molar-refractivity contribution in [3.63, 3.8) is 0 Å². The summed E-state index contributed by atoms with van der Waals surface area (Å²) in [6, 6.07) is 26.6. The average molecular weight is 632 g/mol. The summed E-state index contributed by atoms with van der Waals surface area (Å²) in [5.74, 6) is 0.309. The Morgan fingerprint density at radius 1 is 0.867 bits per heavy atom. The van der Waals surface area contributed by atoms with E-state index in [4.69, 9.17) is 4.74 Å². The Hall–Kier alpha value is -3.78. The van der Waals surface area contributed by atoms with Gasteiger partial charge in [-0.05, 0) is 54.5 Å². The quantitative estimate of drug-likeness (QED) is 0.0871. The zero-order valence-electron chi connectivity index (χ0n) is 27.2. The molecule has 3 aromatic carbocycles. The van der Waals surface area contributed by atoms with E-state index in [0.29, 0.717) is 31.2 Å². The van der Waals surface area contributed by atoms with E-state index >= 15 is 0 Å². The van der Waals surface area contributed by atoms with Crippen molar-refractivity contribution in [1.82, 2.24) is 15.5 Å². The molecule has 0 bridgehead atoms. The third kappa shape index (κ3) is 12.6. The lowest BCUT2D eigenvalue weighted by Gasteiger charge is -2.33. The smallest absolute Gasteiger partial charge is 0.318 e. The van der Waals surface area contributed by atoms with Crippen LogP contribution in [0.1, 0.15) is 58.9 Å². The van der Waals surface area contributed by atoms with Crippen molar-refractivity contribution in [1.29, 1.82) is 0 Å². The molecule has 0 saturated heterocycles. The first-order chi connectivity index (χ1) is 21.8. The van der Waals surface area contributed by atoms with E-state index in [1.54, 1.807) is 23.6 Å². The molecule has 0 aliphatic carbocycles. The third-order valence-electron chi connectivity index (χ3n) is 7.49. The van der Waals surface area contributed by atoms with E-state index in [1.165, 1.54) is 0 Å². The number of esters is 1. The van der Waals surface area contributed by atoms with Crippen LogP contribution in [-0.2, 0) is 20.7 Å². The van der Waals surface area contributed by atoms with Gasteiger partial charge in [-0.3, -0.25) is 9.59 Å². The average Bonchev–Trinajstić information content (AvgIpc) is 3.04. The van der Waals surface area contributed by atoms with Crippen molar-refractivity contribution in [2.24, 2.45) is 5.92 Å². The molecule has 7 nitrogen and oxygen atoms in total. The first-order valence-electron chi connectivity index (χ1n) is 16.1. The molecule has 45 heavy (non-hydrogen) atoms. The van der Waals surface area contributed by atoms with Crippen molar-refractivity contribution in [3.8, 4) is 11.1 Å². The topological polar surface area (TPSA) is 87.7 Å². The minimum Gasteiger partial charge on any atom is -0.466 e. The number of carbonyl (C=O) groups excluding carboxylic acids is 3. The molecular weight excluding hydrogens is 582 g/mol. The van der Waals surface area contributed by atoms with Gasteiger partial charge >= 0.3 is 12.0 Å². The van der Waals surface area contributed by atoms with E-state index in [0.717, 1.165) is 40.8 Å². The van der Waals surface area contributed by atoms with Gasteiger partial charge in [-0.1, -0.05) is 100.0 Å². The fourth-order valence-corrected chi connectivity index (χ4v) is 5.91. The van der Waals surface area contributed by atoms with Crippen LogP contribution in [0, 0.1) is 5.92 Å². The predicted molar refractivity (Wildman–Crippen MR) is 184 cm³/mol. The second-order valence-electron chi connectivity index (χ2n) is 11.6. The standard InChI is InChI=1S/C37H49N3O4S/c1-5-7-23-38-36(42)34(25-29-18-20-31(21-19-29)30-14-10-8-11-15-30)39-37(43)40(24-22-28(3)4)32(26-35(41)44-6-2)27-45-33-16-12-9-13-17-33/h8-21,28,32,34H,5-7,22-27H2,1-4H3,(H,38,42)(H,39,43)/t32?,34-/m0/s1. The van der Waals surface area contributed by atoms with Crippen LogP contribution in [0.4, 0.5) is 4.79 Å². The summed E-state index contributed by atoms with van der Waals surface area (Å²) in [6.07, 6.45) is 3.00. The fourth-order valence-electron chi connectivity index (χ4n) is 4.88. The zero-order chi connectivity index (χ0) is 32.4. The van der Waals surface area contributed by atoms with Crippen LogP contribution >= 0.6 is 11.8 Å². The van der Waals surface area contributed by atoms with Crippen molar-refractivity contribution < 1.29 is 19.1 Å². The predicted octanol–water partition coefficient (Wildman–Crippen LogP) is 7.35. The Bertz CT molecular complexity index is 1300. The van der Waals surface area contributed by atoms with Crippen molar-refractivity contribution in [2.45, 2.75) is 76.8 Å². The minimum atomic E-state index is -0.775. The Morgan fingerprint density at radius 2 is 1.51 bits per heavy atom. The number of nitrogens with zero attached hydrogens (tertiary/aromatic N) is 1. The number of unbranched alkanes of at least 4 members (excludes halogenated alkanes) is 1. The fraction of sp³-hybridized carbons (Fsp3) is 0.432. The number of rotatable bonds is 18. The molecule has 1 unspecified atom stereocenters. The molecule has 3 amide bonds. The van der Waals surface area contributed by atoms with Gasteiger partial charge < -0.3 is 20.3 Å². The molecule has 0 radical (unpaired) electrons. The van der Waals surface area contributed by atoms with Crippen molar-refractivity contribution in [3.05, 3.63) is 90.5 Å². The minimum absolute atomic E-state index is 0.0769. The molecule has 2 N–H and O–H groups in total. The van der Waals surface area contributed by atoms with Gasteiger partial charge in [0.2, 0.25) is 5.91 Å². The van der Waals surface area contributed by atoms with E-state index in [2.05, 4.69) is 43.5 Å². The highest BCUT2D eigenvalue weighted by Gasteiger charge is 2.30. The number of carbonyl (C=O) groups is 3. The number of thioether (sulfide) groups is 1. The van der Waals surface area contributed by atoms with Gasteiger partial charge in [0.25, 0.3) is 0 Å². The SMILES string of the molecule is CCCCNC(=O)[C@H](Cc1ccc(-c2ccccc2)cc1)NC(=O)N(CCC(C)C)C(CSc1ccccc1)CC(=O)OCC. The maximum Gasteiger partial charge on any atom is 0.318 e. The lowest BCUT2D eigenvalue weighted by atomic mass is 10.00. The van der Waals surface area contributed by atoms with Gasteiger partial charge in [-0.15, -0.1) is 11.8 Å². The molecule has 242 valence electrons. The van der Waals surface area contributed by atoms with Crippen LogP contribution in [0.3, 0.4) is 0 Å². The molecule has 3 aromatic rings. The highest BCUT2D eigenvalue weighted by Crippen LogP contribution is 2.23. The molecule has 0 fully saturated rings. The van der Waals surface area contributed by atoms with E-state index in [-0.39, 0.29) is 30.9 Å². The van der Waals surface area contributed by atoms with Gasteiger partial charge in [0, 0.05) is 30.2 Å². The first kappa shape index (κ1) is 35.7. The van der Waals surface area contributed by atoms with Gasteiger partial charge in [0.05, 0.1) is 19.1 Å². The number of ether oxygens (including phenoxy) is 1. The number of nitrogens with one attached hydrogen (secondary N) is 2. The number of benzene rings is 3. The lowest BCUT2D eigenvalue weighted by Crippen LogP contribution is -2.55. The molecule has 0 aliphatic heterocycles. The molecule has 0 heterocycles. The van der Waals surface area contributed by atoms with Crippen LogP contribution in [0.5, 0.6) is 0 Å². The monoisotopic (exact) mass is 631 g/mol. The van der Waals surface area contributed by atoms with E-state index in [1.807, 2.05) is 72.8 Å². The molecule has 0 aromatic heterocycles. The summed E-state index contributed by atoms with van der Waals surface area (Å²) in [5.41, 5.74) is 3.15. The van der Waals surface area contributed by atoms with Crippen LogP contribution in [-0.4, -0.2) is 60.3 Å². The maximum atomic E-state index is 14.1.